The maximum atomic E-state index is 15.7. The second-order valence-corrected chi connectivity index (χ2v) is 7.88. The van der Waals surface area contributed by atoms with E-state index in [1.54, 1.807) is 24.3 Å². The van der Waals surface area contributed by atoms with Crippen LogP contribution < -0.4 is 0 Å². The molecule has 1 aliphatic rings. The molecule has 1 fully saturated rings. The van der Waals surface area contributed by atoms with Crippen LogP contribution in [-0.2, 0) is 12.2 Å². The highest BCUT2D eigenvalue weighted by molar-refractivity contribution is 5.64. The lowest BCUT2D eigenvalue weighted by atomic mass is 9.81. The normalized spacial score (nSPS) is 22.0. The van der Waals surface area contributed by atoms with Gasteiger partial charge >= 0.3 is 0 Å². The average molecular weight is 396 g/mol. The van der Waals surface area contributed by atoms with Gasteiger partial charge in [0.15, 0.2) is 5.82 Å². The van der Waals surface area contributed by atoms with Crippen LogP contribution in [-0.4, -0.2) is 31.2 Å². The molecule has 0 bridgehead atoms. The van der Waals surface area contributed by atoms with Crippen LogP contribution in [0.25, 0.3) is 16.9 Å². The van der Waals surface area contributed by atoms with Crippen LogP contribution in [0.2, 0.25) is 0 Å². The van der Waals surface area contributed by atoms with Crippen molar-refractivity contribution < 1.29 is 19.7 Å². The highest BCUT2D eigenvalue weighted by Gasteiger charge is 2.40. The number of aliphatic hydroxyl groups excluding tert-OH is 2. The van der Waals surface area contributed by atoms with Crippen molar-refractivity contribution in [3.05, 3.63) is 71.2 Å². The topological polar surface area (TPSA) is 78.5 Å². The quantitative estimate of drug-likeness (QED) is 0.630. The third-order valence-electron chi connectivity index (χ3n) is 5.74. The Kier molecular flexibility index (Phi) is 5.25. The van der Waals surface area contributed by atoms with Gasteiger partial charge in [-0.2, -0.15) is 5.10 Å². The number of nitrogens with zero attached hydrogens (tertiary/aromatic N) is 2. The summed E-state index contributed by atoms with van der Waals surface area (Å²) in [5.74, 6) is -0.543. The summed E-state index contributed by atoms with van der Waals surface area (Å²) in [7, 11) is 0. The van der Waals surface area contributed by atoms with Gasteiger partial charge in [-0.05, 0) is 50.3 Å². The molecule has 29 heavy (non-hydrogen) atoms. The molecule has 0 aliphatic heterocycles. The second kappa shape index (κ2) is 7.71. The summed E-state index contributed by atoms with van der Waals surface area (Å²) in [6.45, 7) is 1.89. The fourth-order valence-electron chi connectivity index (χ4n) is 3.90. The third-order valence-corrected chi connectivity index (χ3v) is 5.74. The standard InChI is InChI=1S/C23H25FN2O3/c1-15-2-6-17(7-3-15)21-20(24)22(23(29)12-10-19(28)11-13-23)25-26(21)18-8-4-16(14-27)5-9-18/h2-9,19,27-29H,10-14H2,1H3. The summed E-state index contributed by atoms with van der Waals surface area (Å²) in [5, 5.41) is 34.7. The summed E-state index contributed by atoms with van der Waals surface area (Å²) in [5.41, 5.74) is 2.02. The molecular formula is C23H25FN2O3. The van der Waals surface area contributed by atoms with Crippen LogP contribution in [0.15, 0.2) is 48.5 Å². The van der Waals surface area contributed by atoms with Crippen molar-refractivity contribution in [3.63, 3.8) is 0 Å². The van der Waals surface area contributed by atoms with Crippen molar-refractivity contribution in [2.45, 2.75) is 50.9 Å². The molecule has 1 aliphatic carbocycles. The zero-order valence-corrected chi connectivity index (χ0v) is 16.3. The highest BCUT2D eigenvalue weighted by Crippen LogP contribution is 2.40. The predicted molar refractivity (Wildman–Crippen MR) is 108 cm³/mol. The van der Waals surface area contributed by atoms with E-state index in [1.807, 2.05) is 31.2 Å². The lowest BCUT2D eigenvalue weighted by Gasteiger charge is -2.32. The Morgan fingerprint density at radius 2 is 1.69 bits per heavy atom. The van der Waals surface area contributed by atoms with E-state index in [4.69, 9.17) is 0 Å². The molecule has 2 aromatic carbocycles. The molecule has 5 nitrogen and oxygen atoms in total. The lowest BCUT2D eigenvalue weighted by Crippen LogP contribution is -2.34. The van der Waals surface area contributed by atoms with E-state index in [0.717, 1.165) is 11.1 Å². The number of aromatic nitrogens is 2. The third kappa shape index (κ3) is 3.71. The van der Waals surface area contributed by atoms with E-state index >= 15 is 4.39 Å². The van der Waals surface area contributed by atoms with Crippen molar-refractivity contribution in [3.8, 4) is 16.9 Å². The molecule has 0 amide bonds. The molecule has 0 unspecified atom stereocenters. The zero-order chi connectivity index (χ0) is 20.6. The Morgan fingerprint density at radius 1 is 1.07 bits per heavy atom. The zero-order valence-electron chi connectivity index (χ0n) is 16.3. The van der Waals surface area contributed by atoms with E-state index in [0.29, 0.717) is 24.1 Å². The van der Waals surface area contributed by atoms with Crippen LogP contribution in [0.3, 0.4) is 0 Å². The van der Waals surface area contributed by atoms with Gasteiger partial charge in [0.05, 0.1) is 18.4 Å². The first-order valence-electron chi connectivity index (χ1n) is 9.88. The maximum Gasteiger partial charge on any atom is 0.175 e. The molecule has 1 aromatic heterocycles. The fraction of sp³-hybridized carbons (Fsp3) is 0.348. The molecule has 0 atom stereocenters. The summed E-state index contributed by atoms with van der Waals surface area (Å²) in [4.78, 5) is 0. The molecule has 1 saturated carbocycles. The van der Waals surface area contributed by atoms with Gasteiger partial charge in [-0.25, -0.2) is 9.07 Å². The summed E-state index contributed by atoms with van der Waals surface area (Å²) in [6, 6.07) is 14.6. The molecule has 152 valence electrons. The van der Waals surface area contributed by atoms with Crippen LogP contribution in [0.5, 0.6) is 0 Å². The number of hydrogen-bond donors (Lipinski definition) is 3. The predicted octanol–water partition coefficient (Wildman–Crippen LogP) is 3.60. The van der Waals surface area contributed by atoms with E-state index in [-0.39, 0.29) is 30.8 Å². The van der Waals surface area contributed by atoms with Gasteiger partial charge in [-0.1, -0.05) is 42.0 Å². The second-order valence-electron chi connectivity index (χ2n) is 7.88. The number of benzene rings is 2. The first kappa shape index (κ1) is 19.8. The number of aryl methyl sites for hydroxylation is 1. The van der Waals surface area contributed by atoms with E-state index in [2.05, 4.69) is 5.10 Å². The number of hydrogen-bond acceptors (Lipinski definition) is 4. The van der Waals surface area contributed by atoms with E-state index in [9.17, 15) is 15.3 Å². The van der Waals surface area contributed by atoms with Crippen molar-refractivity contribution in [1.82, 2.24) is 9.78 Å². The fourth-order valence-corrected chi connectivity index (χ4v) is 3.90. The Bertz CT molecular complexity index is 988. The largest absolute Gasteiger partial charge is 0.393 e. The monoisotopic (exact) mass is 396 g/mol. The molecule has 1 heterocycles. The molecule has 3 aromatic rings. The molecular weight excluding hydrogens is 371 g/mol. The Morgan fingerprint density at radius 3 is 2.28 bits per heavy atom. The van der Waals surface area contributed by atoms with Crippen molar-refractivity contribution >= 4 is 0 Å². The Labute approximate surface area is 169 Å². The first-order valence-corrected chi connectivity index (χ1v) is 9.88. The summed E-state index contributed by atoms with van der Waals surface area (Å²) >= 11 is 0. The Hall–Kier alpha value is -2.54. The number of halogens is 1. The van der Waals surface area contributed by atoms with Gasteiger partial charge in [0.1, 0.15) is 17.0 Å². The minimum absolute atomic E-state index is 0.0196. The van der Waals surface area contributed by atoms with Gasteiger partial charge in [0.2, 0.25) is 0 Å². The van der Waals surface area contributed by atoms with Gasteiger partial charge in [-0.15, -0.1) is 0 Å². The van der Waals surface area contributed by atoms with Crippen LogP contribution in [0.1, 0.15) is 42.5 Å². The SMILES string of the molecule is Cc1ccc(-c2c(F)c(C3(O)CCC(O)CC3)nn2-c2ccc(CO)cc2)cc1. The minimum atomic E-state index is -1.40. The smallest absolute Gasteiger partial charge is 0.175 e. The first-order chi connectivity index (χ1) is 13.9. The summed E-state index contributed by atoms with van der Waals surface area (Å²) < 4.78 is 17.2. The maximum absolute atomic E-state index is 15.7. The van der Waals surface area contributed by atoms with Gasteiger partial charge < -0.3 is 15.3 Å². The van der Waals surface area contributed by atoms with E-state index in [1.165, 1.54) is 4.68 Å². The molecule has 0 saturated heterocycles. The van der Waals surface area contributed by atoms with Gasteiger partial charge in [0.25, 0.3) is 0 Å². The Balaban J connectivity index is 1.87. The van der Waals surface area contributed by atoms with Gasteiger partial charge in [-0.3, -0.25) is 0 Å². The average Bonchev–Trinajstić information content (AvgIpc) is 3.09. The molecule has 0 radical (unpaired) electrons. The molecule has 0 spiro atoms. The summed E-state index contributed by atoms with van der Waals surface area (Å²) in [6.07, 6.45) is 0.877. The number of aliphatic hydroxyl groups is 3. The van der Waals surface area contributed by atoms with Crippen molar-refractivity contribution in [2.75, 3.05) is 0 Å². The molecule has 4 rings (SSSR count). The van der Waals surface area contributed by atoms with Crippen LogP contribution in [0.4, 0.5) is 4.39 Å². The minimum Gasteiger partial charge on any atom is -0.393 e. The van der Waals surface area contributed by atoms with Crippen molar-refractivity contribution in [2.24, 2.45) is 0 Å². The van der Waals surface area contributed by atoms with Gasteiger partial charge in [0, 0.05) is 5.56 Å². The highest BCUT2D eigenvalue weighted by atomic mass is 19.1. The number of rotatable bonds is 4. The molecule has 3 N–H and O–H groups in total. The van der Waals surface area contributed by atoms with E-state index < -0.39 is 17.5 Å². The van der Waals surface area contributed by atoms with Crippen LogP contribution >= 0.6 is 0 Å². The van der Waals surface area contributed by atoms with Crippen molar-refractivity contribution in [1.29, 1.82) is 0 Å². The lowest BCUT2D eigenvalue weighted by molar-refractivity contribution is -0.0416. The molecule has 6 heteroatoms. The van der Waals surface area contributed by atoms with Crippen LogP contribution in [0, 0.1) is 12.7 Å².